The van der Waals surface area contributed by atoms with E-state index < -0.39 is 5.97 Å². The van der Waals surface area contributed by atoms with Crippen molar-refractivity contribution in [2.75, 3.05) is 13.1 Å². The molecular weight excluding hydrogens is 296 g/mol. The minimum Gasteiger partial charge on any atom is -0.478 e. The van der Waals surface area contributed by atoms with Gasteiger partial charge in [0.1, 0.15) is 12.2 Å². The molecule has 1 fully saturated rings. The molecule has 0 atom stereocenters. The van der Waals surface area contributed by atoms with Crippen molar-refractivity contribution in [3.8, 4) is 0 Å². The summed E-state index contributed by atoms with van der Waals surface area (Å²) in [5.41, 5.74) is 0.548. The van der Waals surface area contributed by atoms with Gasteiger partial charge in [-0.2, -0.15) is 0 Å². The highest BCUT2D eigenvalue weighted by molar-refractivity contribution is 5.97. The van der Waals surface area contributed by atoms with Crippen molar-refractivity contribution in [1.29, 1.82) is 0 Å². The number of aryl methyl sites for hydroxylation is 1. The summed E-state index contributed by atoms with van der Waals surface area (Å²) in [6.45, 7) is 1.27. The highest BCUT2D eigenvalue weighted by atomic mass is 16.4. The second-order valence-electron chi connectivity index (χ2n) is 5.75. The molecule has 0 bridgehead atoms. The quantitative estimate of drug-likeness (QED) is 0.928. The Morgan fingerprint density at radius 3 is 2.52 bits per heavy atom. The third-order valence-electron chi connectivity index (χ3n) is 4.25. The van der Waals surface area contributed by atoms with Gasteiger partial charge in [0.2, 0.25) is 0 Å². The number of nitrogens with zero attached hydrogens (tertiary/aromatic N) is 4. The van der Waals surface area contributed by atoms with E-state index in [0.29, 0.717) is 24.6 Å². The summed E-state index contributed by atoms with van der Waals surface area (Å²) in [5, 5.41) is 17.1. The summed E-state index contributed by atoms with van der Waals surface area (Å²) >= 11 is 0. The van der Waals surface area contributed by atoms with Gasteiger partial charge in [0.15, 0.2) is 0 Å². The van der Waals surface area contributed by atoms with Crippen LogP contribution in [0.1, 0.15) is 45.3 Å². The number of benzene rings is 1. The number of aromatic nitrogens is 3. The molecule has 1 N–H and O–H groups in total. The number of hydrogen-bond donors (Lipinski definition) is 1. The molecule has 1 amide bonds. The summed E-state index contributed by atoms with van der Waals surface area (Å²) < 4.78 is 1.92. The van der Waals surface area contributed by atoms with Gasteiger partial charge in [-0.05, 0) is 31.0 Å². The van der Waals surface area contributed by atoms with E-state index in [1.807, 2.05) is 11.6 Å². The zero-order valence-corrected chi connectivity index (χ0v) is 12.8. The summed E-state index contributed by atoms with van der Waals surface area (Å²) in [7, 11) is 1.92. The molecule has 0 aliphatic carbocycles. The maximum atomic E-state index is 12.5. The average molecular weight is 314 g/mol. The average Bonchev–Trinajstić information content (AvgIpc) is 3.00. The number of carbonyl (C=O) groups excluding carboxylic acids is 1. The number of aromatic carboxylic acids is 1. The lowest BCUT2D eigenvalue weighted by Crippen LogP contribution is -2.38. The lowest BCUT2D eigenvalue weighted by Gasteiger charge is -2.31. The number of carboxylic acids is 1. The van der Waals surface area contributed by atoms with E-state index in [4.69, 9.17) is 5.11 Å². The first-order chi connectivity index (χ1) is 11.1. The van der Waals surface area contributed by atoms with Crippen LogP contribution in [0.15, 0.2) is 30.6 Å². The largest absolute Gasteiger partial charge is 0.478 e. The van der Waals surface area contributed by atoms with Gasteiger partial charge in [-0.1, -0.05) is 6.07 Å². The van der Waals surface area contributed by atoms with Gasteiger partial charge < -0.3 is 14.6 Å². The predicted octanol–water partition coefficient (Wildman–Crippen LogP) is 1.53. The normalized spacial score (nSPS) is 15.6. The van der Waals surface area contributed by atoms with E-state index in [9.17, 15) is 9.59 Å². The highest BCUT2D eigenvalue weighted by Gasteiger charge is 2.27. The predicted molar refractivity (Wildman–Crippen MR) is 82.3 cm³/mol. The van der Waals surface area contributed by atoms with E-state index in [1.54, 1.807) is 23.4 Å². The second-order valence-corrected chi connectivity index (χ2v) is 5.75. The molecule has 2 aromatic rings. The summed E-state index contributed by atoms with van der Waals surface area (Å²) in [4.78, 5) is 25.3. The van der Waals surface area contributed by atoms with Gasteiger partial charge in [0.25, 0.3) is 5.91 Å². The highest BCUT2D eigenvalue weighted by Crippen LogP contribution is 2.26. The first-order valence-electron chi connectivity index (χ1n) is 7.53. The monoisotopic (exact) mass is 314 g/mol. The van der Waals surface area contributed by atoms with Crippen LogP contribution in [-0.2, 0) is 7.05 Å². The molecule has 7 heteroatoms. The molecule has 0 unspecified atom stereocenters. The van der Waals surface area contributed by atoms with Gasteiger partial charge in [-0.25, -0.2) is 4.79 Å². The van der Waals surface area contributed by atoms with E-state index in [1.165, 1.54) is 12.1 Å². The van der Waals surface area contributed by atoms with Crippen molar-refractivity contribution in [2.45, 2.75) is 18.8 Å². The van der Waals surface area contributed by atoms with Crippen LogP contribution in [0.3, 0.4) is 0 Å². The summed E-state index contributed by atoms with van der Waals surface area (Å²) in [5.74, 6) is 0.104. The Labute approximate surface area is 133 Å². The molecule has 3 rings (SSSR count). The Morgan fingerprint density at radius 2 is 1.91 bits per heavy atom. The van der Waals surface area contributed by atoms with E-state index in [0.717, 1.165) is 18.7 Å². The maximum absolute atomic E-state index is 12.5. The molecule has 0 spiro atoms. The fourth-order valence-corrected chi connectivity index (χ4v) is 2.97. The van der Waals surface area contributed by atoms with Crippen molar-refractivity contribution in [2.24, 2.45) is 7.05 Å². The van der Waals surface area contributed by atoms with Crippen LogP contribution in [0.4, 0.5) is 0 Å². The van der Waals surface area contributed by atoms with Gasteiger partial charge in [-0.15, -0.1) is 10.2 Å². The van der Waals surface area contributed by atoms with Crippen LogP contribution in [-0.4, -0.2) is 49.7 Å². The standard InChI is InChI=1S/C16H18N4O3/c1-19-10-17-18-14(19)11-5-7-20(8-6-11)15(21)12-3-2-4-13(9-12)16(22)23/h2-4,9-11H,5-8H2,1H3,(H,22,23). The van der Waals surface area contributed by atoms with Crippen LogP contribution >= 0.6 is 0 Å². The molecule has 2 heterocycles. The van der Waals surface area contributed by atoms with E-state index in [-0.39, 0.29) is 11.5 Å². The number of rotatable bonds is 3. The molecule has 0 saturated carbocycles. The SMILES string of the molecule is Cn1cnnc1C1CCN(C(=O)c2cccc(C(=O)O)c2)CC1. The molecule has 1 saturated heterocycles. The summed E-state index contributed by atoms with van der Waals surface area (Å²) in [6.07, 6.45) is 3.35. The van der Waals surface area contributed by atoms with Gasteiger partial charge in [0.05, 0.1) is 5.56 Å². The summed E-state index contributed by atoms with van der Waals surface area (Å²) in [6, 6.07) is 6.17. The van der Waals surface area contributed by atoms with Gasteiger partial charge >= 0.3 is 5.97 Å². The zero-order chi connectivity index (χ0) is 16.4. The molecule has 1 aliphatic rings. The first kappa shape index (κ1) is 15.2. The zero-order valence-electron chi connectivity index (χ0n) is 12.8. The third-order valence-corrected chi connectivity index (χ3v) is 4.25. The Kier molecular flexibility index (Phi) is 4.10. The van der Waals surface area contributed by atoms with Crippen LogP contribution in [0, 0.1) is 0 Å². The number of piperidine rings is 1. The number of carbonyl (C=O) groups is 2. The lowest BCUT2D eigenvalue weighted by atomic mass is 9.95. The maximum Gasteiger partial charge on any atom is 0.335 e. The minimum atomic E-state index is -1.03. The minimum absolute atomic E-state index is 0.121. The number of carboxylic acid groups (broad SMARTS) is 1. The number of likely N-dealkylation sites (tertiary alicyclic amines) is 1. The Bertz CT molecular complexity index is 732. The number of hydrogen-bond acceptors (Lipinski definition) is 4. The topological polar surface area (TPSA) is 88.3 Å². The number of amides is 1. The van der Waals surface area contributed by atoms with Gasteiger partial charge in [0, 0.05) is 31.6 Å². The van der Waals surface area contributed by atoms with E-state index in [2.05, 4.69) is 10.2 Å². The van der Waals surface area contributed by atoms with Crippen LogP contribution < -0.4 is 0 Å². The molecule has 1 aromatic carbocycles. The van der Waals surface area contributed by atoms with Crippen molar-refractivity contribution in [3.05, 3.63) is 47.5 Å². The van der Waals surface area contributed by atoms with Crippen molar-refractivity contribution >= 4 is 11.9 Å². The molecular formula is C16H18N4O3. The third kappa shape index (κ3) is 3.08. The molecule has 0 radical (unpaired) electrons. The molecule has 1 aliphatic heterocycles. The molecule has 23 heavy (non-hydrogen) atoms. The fourth-order valence-electron chi connectivity index (χ4n) is 2.97. The van der Waals surface area contributed by atoms with Crippen LogP contribution in [0.25, 0.3) is 0 Å². The van der Waals surface area contributed by atoms with Crippen LogP contribution in [0.2, 0.25) is 0 Å². The van der Waals surface area contributed by atoms with E-state index >= 15 is 0 Å². The first-order valence-corrected chi connectivity index (χ1v) is 7.53. The molecule has 7 nitrogen and oxygen atoms in total. The lowest BCUT2D eigenvalue weighted by molar-refractivity contribution is 0.0697. The molecule has 120 valence electrons. The van der Waals surface area contributed by atoms with Crippen LogP contribution in [0.5, 0.6) is 0 Å². The Hall–Kier alpha value is -2.70. The van der Waals surface area contributed by atoms with Crippen molar-refractivity contribution in [1.82, 2.24) is 19.7 Å². The van der Waals surface area contributed by atoms with Gasteiger partial charge in [-0.3, -0.25) is 4.79 Å². The fraction of sp³-hybridized carbons (Fsp3) is 0.375. The molecule has 1 aromatic heterocycles. The second kappa shape index (κ2) is 6.20. The van der Waals surface area contributed by atoms with Crippen molar-refractivity contribution < 1.29 is 14.7 Å². The Balaban J connectivity index is 1.68. The van der Waals surface area contributed by atoms with Crippen molar-refractivity contribution in [3.63, 3.8) is 0 Å². The smallest absolute Gasteiger partial charge is 0.335 e. The Morgan fingerprint density at radius 1 is 1.22 bits per heavy atom.